The van der Waals surface area contributed by atoms with Crippen molar-refractivity contribution in [2.75, 3.05) is 0 Å². The Bertz CT molecular complexity index is 2850. The van der Waals surface area contributed by atoms with Gasteiger partial charge in [-0.2, -0.15) is 0 Å². The molecule has 234 valence electrons. The third-order valence-electron chi connectivity index (χ3n) is 9.48. The molecular weight excluding hydrogens is 613 g/mol. The summed E-state index contributed by atoms with van der Waals surface area (Å²) in [5, 5.41) is 4.40. The van der Waals surface area contributed by atoms with Gasteiger partial charge in [-0.25, -0.2) is 15.0 Å². The van der Waals surface area contributed by atoms with E-state index < -0.39 is 0 Å². The SMILES string of the molecule is c1ccc(-c2ccc(-c3nc(-c4cccc5c4oc4ccccc45)nc(-c4cccc5c6ccccc6n(-c6ccccc6)c45)n3)cc2)cc1. The second-order valence-electron chi connectivity index (χ2n) is 12.4. The van der Waals surface area contributed by atoms with Crippen molar-refractivity contribution in [2.45, 2.75) is 0 Å². The zero-order chi connectivity index (χ0) is 33.0. The molecule has 0 aliphatic carbocycles. The van der Waals surface area contributed by atoms with Gasteiger partial charge in [-0.1, -0.05) is 133 Å². The van der Waals surface area contributed by atoms with Gasteiger partial charge in [-0.15, -0.1) is 0 Å². The fraction of sp³-hybridized carbons (Fsp3) is 0. The summed E-state index contributed by atoms with van der Waals surface area (Å²) < 4.78 is 8.79. The van der Waals surface area contributed by atoms with Gasteiger partial charge in [-0.3, -0.25) is 0 Å². The minimum atomic E-state index is 0.557. The van der Waals surface area contributed by atoms with Gasteiger partial charge in [0.2, 0.25) is 0 Å². The van der Waals surface area contributed by atoms with Gasteiger partial charge in [0.15, 0.2) is 17.5 Å². The highest BCUT2D eigenvalue weighted by molar-refractivity contribution is 6.13. The Balaban J connectivity index is 1.25. The monoisotopic (exact) mass is 640 g/mol. The van der Waals surface area contributed by atoms with Crippen molar-refractivity contribution < 1.29 is 4.42 Å². The van der Waals surface area contributed by atoms with Crippen LogP contribution in [0, 0.1) is 0 Å². The van der Waals surface area contributed by atoms with Crippen molar-refractivity contribution in [3.63, 3.8) is 0 Å². The van der Waals surface area contributed by atoms with Crippen LogP contribution in [-0.4, -0.2) is 19.5 Å². The molecule has 10 aromatic rings. The molecule has 0 atom stereocenters. The number of nitrogens with zero attached hydrogens (tertiary/aromatic N) is 4. The molecule has 50 heavy (non-hydrogen) atoms. The Kier molecular flexibility index (Phi) is 6.42. The number of furan rings is 1. The number of fused-ring (bicyclic) bond motifs is 6. The van der Waals surface area contributed by atoms with E-state index in [0.717, 1.165) is 71.9 Å². The van der Waals surface area contributed by atoms with E-state index in [0.29, 0.717) is 17.5 Å². The molecule has 0 aliphatic rings. The highest BCUT2D eigenvalue weighted by Gasteiger charge is 2.21. The summed E-state index contributed by atoms with van der Waals surface area (Å²) in [4.78, 5) is 15.6. The molecule has 0 saturated heterocycles. The van der Waals surface area contributed by atoms with Crippen LogP contribution in [0.4, 0.5) is 0 Å². The van der Waals surface area contributed by atoms with Crippen LogP contribution in [0.3, 0.4) is 0 Å². The highest BCUT2D eigenvalue weighted by Crippen LogP contribution is 2.39. The first-order chi connectivity index (χ1) is 24.8. The van der Waals surface area contributed by atoms with E-state index in [1.807, 2.05) is 42.5 Å². The lowest BCUT2D eigenvalue weighted by atomic mass is 10.0. The Hall–Kier alpha value is -6.85. The summed E-state index contributed by atoms with van der Waals surface area (Å²) in [6.07, 6.45) is 0. The van der Waals surface area contributed by atoms with E-state index in [1.54, 1.807) is 0 Å². The molecule has 0 radical (unpaired) electrons. The Morgan fingerprint density at radius 2 is 0.940 bits per heavy atom. The number of hydrogen-bond acceptors (Lipinski definition) is 4. The third-order valence-corrected chi connectivity index (χ3v) is 9.48. The fourth-order valence-electron chi connectivity index (χ4n) is 7.16. The van der Waals surface area contributed by atoms with Crippen molar-refractivity contribution in [3.05, 3.63) is 170 Å². The lowest BCUT2D eigenvalue weighted by Gasteiger charge is -2.13. The molecule has 5 nitrogen and oxygen atoms in total. The van der Waals surface area contributed by atoms with Crippen molar-refractivity contribution in [3.8, 4) is 51.0 Å². The number of hydrogen-bond donors (Lipinski definition) is 0. The van der Waals surface area contributed by atoms with E-state index >= 15 is 0 Å². The normalized spacial score (nSPS) is 11.6. The molecule has 5 heteroatoms. The summed E-state index contributed by atoms with van der Waals surface area (Å²) in [6, 6.07) is 58.5. The van der Waals surface area contributed by atoms with E-state index in [4.69, 9.17) is 19.4 Å². The standard InChI is InChI=1S/C45H28N4O/c1-3-13-29(14-4-1)30-25-27-31(28-26-30)43-46-44(48-45(47-43)38-22-12-20-36-34-18-8-10-24-40(34)50-42(36)38)37-21-11-19-35-33-17-7-9-23-39(33)49(41(35)37)32-15-5-2-6-16-32/h1-28H. The van der Waals surface area contributed by atoms with Gasteiger partial charge in [0.25, 0.3) is 0 Å². The molecule has 0 fully saturated rings. The molecule has 7 aromatic carbocycles. The van der Waals surface area contributed by atoms with Crippen LogP contribution in [0.5, 0.6) is 0 Å². The molecule has 3 heterocycles. The molecule has 0 amide bonds. The average Bonchev–Trinajstić information content (AvgIpc) is 3.75. The van der Waals surface area contributed by atoms with Gasteiger partial charge in [0.1, 0.15) is 11.2 Å². The van der Waals surface area contributed by atoms with Crippen LogP contribution in [-0.2, 0) is 0 Å². The average molecular weight is 641 g/mol. The number of para-hydroxylation sites is 5. The number of rotatable bonds is 5. The minimum absolute atomic E-state index is 0.557. The molecule has 0 saturated carbocycles. The summed E-state index contributed by atoms with van der Waals surface area (Å²) in [6.45, 7) is 0. The summed E-state index contributed by atoms with van der Waals surface area (Å²) in [5.74, 6) is 1.74. The molecule has 0 N–H and O–H groups in total. The summed E-state index contributed by atoms with van der Waals surface area (Å²) >= 11 is 0. The first-order valence-corrected chi connectivity index (χ1v) is 16.7. The quantitative estimate of drug-likeness (QED) is 0.188. The lowest BCUT2D eigenvalue weighted by Crippen LogP contribution is -2.02. The molecule has 3 aromatic heterocycles. The zero-order valence-corrected chi connectivity index (χ0v) is 26.9. The molecular formula is C45H28N4O. The maximum atomic E-state index is 6.48. The van der Waals surface area contributed by atoms with E-state index in [1.165, 1.54) is 5.39 Å². The summed E-state index contributed by atoms with van der Waals surface area (Å²) in [7, 11) is 0. The molecule has 0 aliphatic heterocycles. The van der Waals surface area contributed by atoms with E-state index in [-0.39, 0.29) is 0 Å². The van der Waals surface area contributed by atoms with Crippen LogP contribution >= 0.6 is 0 Å². The lowest BCUT2D eigenvalue weighted by molar-refractivity contribution is 0.669. The van der Waals surface area contributed by atoms with Gasteiger partial charge < -0.3 is 8.98 Å². The van der Waals surface area contributed by atoms with Crippen molar-refractivity contribution in [1.82, 2.24) is 19.5 Å². The molecule has 10 rings (SSSR count). The number of benzene rings is 7. The van der Waals surface area contributed by atoms with Crippen LogP contribution in [0.25, 0.3) is 94.7 Å². The molecule has 0 unspecified atom stereocenters. The van der Waals surface area contributed by atoms with Crippen molar-refractivity contribution in [1.29, 1.82) is 0 Å². The van der Waals surface area contributed by atoms with E-state index in [2.05, 4.69) is 132 Å². The predicted octanol–water partition coefficient (Wildman–Crippen LogP) is 11.5. The van der Waals surface area contributed by atoms with Crippen molar-refractivity contribution in [2.24, 2.45) is 0 Å². The molecule has 0 bridgehead atoms. The predicted molar refractivity (Wildman–Crippen MR) is 203 cm³/mol. The van der Waals surface area contributed by atoms with E-state index in [9.17, 15) is 0 Å². The second kappa shape index (κ2) is 11.4. The van der Waals surface area contributed by atoms with Gasteiger partial charge in [-0.05, 0) is 47.5 Å². The maximum absolute atomic E-state index is 6.48. The van der Waals surface area contributed by atoms with Crippen LogP contribution in [0.2, 0.25) is 0 Å². The minimum Gasteiger partial charge on any atom is -0.455 e. The maximum Gasteiger partial charge on any atom is 0.167 e. The Morgan fingerprint density at radius 3 is 1.74 bits per heavy atom. The first-order valence-electron chi connectivity index (χ1n) is 16.7. The largest absolute Gasteiger partial charge is 0.455 e. The van der Waals surface area contributed by atoms with Gasteiger partial charge >= 0.3 is 0 Å². The first kappa shape index (κ1) is 28.2. The summed E-state index contributed by atoms with van der Waals surface area (Å²) in [5.41, 5.74) is 9.77. The molecule has 0 spiro atoms. The van der Waals surface area contributed by atoms with Crippen LogP contribution < -0.4 is 0 Å². The fourth-order valence-corrected chi connectivity index (χ4v) is 7.16. The van der Waals surface area contributed by atoms with Crippen LogP contribution in [0.15, 0.2) is 174 Å². The zero-order valence-electron chi connectivity index (χ0n) is 26.9. The Morgan fingerprint density at radius 1 is 0.380 bits per heavy atom. The van der Waals surface area contributed by atoms with Crippen LogP contribution in [0.1, 0.15) is 0 Å². The Labute approximate surface area is 287 Å². The highest BCUT2D eigenvalue weighted by atomic mass is 16.3. The second-order valence-corrected chi connectivity index (χ2v) is 12.4. The van der Waals surface area contributed by atoms with Gasteiger partial charge in [0.05, 0.1) is 16.6 Å². The van der Waals surface area contributed by atoms with Crippen molar-refractivity contribution >= 4 is 43.7 Å². The third kappa shape index (κ3) is 4.52. The topological polar surface area (TPSA) is 56.7 Å². The van der Waals surface area contributed by atoms with Gasteiger partial charge in [0, 0.05) is 38.4 Å². The number of aromatic nitrogens is 4. The smallest absolute Gasteiger partial charge is 0.167 e.